The van der Waals surface area contributed by atoms with Gasteiger partial charge in [-0.3, -0.25) is 4.98 Å². The van der Waals surface area contributed by atoms with E-state index in [0.29, 0.717) is 6.07 Å². The number of nitrogens with two attached hydrogens (primary N) is 1. The van der Waals surface area contributed by atoms with Crippen LogP contribution >= 0.6 is 0 Å². The lowest BCUT2D eigenvalue weighted by Crippen LogP contribution is -2.12. The van der Waals surface area contributed by atoms with E-state index in [9.17, 15) is 22.4 Å². The smallest absolute Gasteiger partial charge is 0.433 e. The summed E-state index contributed by atoms with van der Waals surface area (Å²) in [6.45, 7) is 3.42. The second kappa shape index (κ2) is 6.26. The molecule has 0 aliphatic heterocycles. The van der Waals surface area contributed by atoms with Crippen LogP contribution in [-0.4, -0.2) is 23.0 Å². The number of rotatable bonds is 3. The van der Waals surface area contributed by atoms with Gasteiger partial charge in [-0.2, -0.15) is 13.2 Å². The van der Waals surface area contributed by atoms with E-state index < -0.39 is 35.0 Å². The Morgan fingerprint density at radius 3 is 2.50 bits per heavy atom. The summed E-state index contributed by atoms with van der Waals surface area (Å²) in [5, 5.41) is 0. The molecule has 0 aliphatic rings. The van der Waals surface area contributed by atoms with Gasteiger partial charge < -0.3 is 10.5 Å². The molecule has 2 heterocycles. The number of nitrogen functional groups attached to an aromatic ring is 1. The lowest BCUT2D eigenvalue weighted by Gasteiger charge is -2.12. The normalized spacial score (nSPS) is 11.2. The Morgan fingerprint density at radius 1 is 1.38 bits per heavy atom. The number of methoxy groups -OCH3 is 1. The third-order valence-electron chi connectivity index (χ3n) is 3.12. The molecule has 2 N–H and O–H groups in total. The first-order valence-corrected chi connectivity index (χ1v) is 6.44. The van der Waals surface area contributed by atoms with Crippen molar-refractivity contribution in [1.29, 1.82) is 0 Å². The van der Waals surface area contributed by atoms with Crippen molar-refractivity contribution < 1.29 is 27.1 Å². The Labute approximate surface area is 133 Å². The second-order valence-corrected chi connectivity index (χ2v) is 4.58. The van der Waals surface area contributed by atoms with Crippen molar-refractivity contribution in [3.8, 4) is 11.3 Å². The average molecular weight is 341 g/mol. The van der Waals surface area contributed by atoms with E-state index in [1.54, 1.807) is 0 Å². The third-order valence-corrected chi connectivity index (χ3v) is 3.12. The molecular formula is C15H11F4N3O2. The zero-order valence-electron chi connectivity index (χ0n) is 12.3. The topological polar surface area (TPSA) is 78.1 Å². The zero-order chi connectivity index (χ0) is 18.1. The zero-order valence-corrected chi connectivity index (χ0v) is 12.3. The molecule has 0 atom stereocenters. The van der Waals surface area contributed by atoms with Gasteiger partial charge in [0.1, 0.15) is 11.4 Å². The molecule has 0 saturated carbocycles. The fourth-order valence-electron chi connectivity index (χ4n) is 1.95. The van der Waals surface area contributed by atoms with Crippen LogP contribution in [0.4, 0.5) is 23.2 Å². The highest BCUT2D eigenvalue weighted by Crippen LogP contribution is 2.32. The third kappa shape index (κ3) is 3.05. The average Bonchev–Trinajstić information content (AvgIpc) is 2.55. The molecule has 2 aromatic heterocycles. The minimum absolute atomic E-state index is 0.0667. The first kappa shape index (κ1) is 17.4. The van der Waals surface area contributed by atoms with Crippen LogP contribution < -0.4 is 5.73 Å². The molecule has 0 aliphatic carbocycles. The molecule has 2 aromatic rings. The Kier molecular flexibility index (Phi) is 4.54. The van der Waals surface area contributed by atoms with Gasteiger partial charge in [0.05, 0.1) is 12.8 Å². The first-order valence-electron chi connectivity index (χ1n) is 6.44. The quantitative estimate of drug-likeness (QED) is 0.684. The lowest BCUT2D eigenvalue weighted by atomic mass is 10.1. The van der Waals surface area contributed by atoms with Crippen LogP contribution in [0.25, 0.3) is 17.3 Å². The van der Waals surface area contributed by atoms with E-state index >= 15 is 0 Å². The summed E-state index contributed by atoms with van der Waals surface area (Å²) in [5.41, 5.74) is 3.20. The fraction of sp³-hybridized carbons (Fsp3) is 0.133. The molecule has 0 bridgehead atoms. The summed E-state index contributed by atoms with van der Waals surface area (Å²) in [5.74, 6) is -1.89. The number of alkyl halides is 3. The van der Waals surface area contributed by atoms with Gasteiger partial charge in [-0.25, -0.2) is 14.2 Å². The van der Waals surface area contributed by atoms with Crippen LogP contribution in [0.1, 0.15) is 21.7 Å². The summed E-state index contributed by atoms with van der Waals surface area (Å²) < 4.78 is 56.5. The largest absolute Gasteiger partial charge is 0.464 e. The van der Waals surface area contributed by atoms with Gasteiger partial charge in [-0.05, 0) is 12.1 Å². The van der Waals surface area contributed by atoms with Gasteiger partial charge in [-0.15, -0.1) is 0 Å². The summed E-state index contributed by atoms with van der Waals surface area (Å²) >= 11 is 0. The molecule has 0 fully saturated rings. The summed E-state index contributed by atoms with van der Waals surface area (Å²) in [6.07, 6.45) is -2.71. The lowest BCUT2D eigenvalue weighted by molar-refractivity contribution is -0.141. The minimum atomic E-state index is -4.63. The molecule has 126 valence electrons. The van der Waals surface area contributed by atoms with Crippen LogP contribution in [-0.2, 0) is 10.9 Å². The molecule has 9 heteroatoms. The molecular weight excluding hydrogens is 330 g/mol. The van der Waals surface area contributed by atoms with E-state index in [0.717, 1.165) is 25.4 Å². The molecule has 0 aromatic carbocycles. The van der Waals surface area contributed by atoms with Crippen LogP contribution in [0.5, 0.6) is 0 Å². The molecule has 5 nitrogen and oxygen atoms in total. The number of carbonyl (C=O) groups excluding carboxylic acids is 1. The van der Waals surface area contributed by atoms with Gasteiger partial charge in [0.15, 0.2) is 11.5 Å². The number of anilines is 1. The van der Waals surface area contributed by atoms with Crippen LogP contribution in [0.15, 0.2) is 24.9 Å². The highest BCUT2D eigenvalue weighted by atomic mass is 19.4. The van der Waals surface area contributed by atoms with Crippen molar-refractivity contribution in [3.05, 3.63) is 47.7 Å². The Morgan fingerprint density at radius 2 is 2.04 bits per heavy atom. The van der Waals surface area contributed by atoms with Crippen LogP contribution in [0.3, 0.4) is 0 Å². The minimum Gasteiger partial charge on any atom is -0.464 e. The van der Waals surface area contributed by atoms with E-state index in [4.69, 9.17) is 5.73 Å². The molecule has 24 heavy (non-hydrogen) atoms. The second-order valence-electron chi connectivity index (χ2n) is 4.58. The van der Waals surface area contributed by atoms with E-state index in [-0.39, 0.29) is 16.8 Å². The molecule has 2 rings (SSSR count). The molecule has 0 unspecified atom stereocenters. The summed E-state index contributed by atoms with van der Waals surface area (Å²) in [7, 11) is 1.09. The van der Waals surface area contributed by atoms with Crippen LogP contribution in [0.2, 0.25) is 0 Å². The maximum atomic E-state index is 14.4. The van der Waals surface area contributed by atoms with Crippen molar-refractivity contribution in [2.24, 2.45) is 0 Å². The SMILES string of the molecule is C=Cc1c(C(=O)OC)nc(-c2ccc(C(F)(F)F)nc2)c(F)c1N. The Balaban J connectivity index is 2.64. The number of aromatic nitrogens is 2. The van der Waals surface area contributed by atoms with Gasteiger partial charge >= 0.3 is 12.1 Å². The highest BCUT2D eigenvalue weighted by molar-refractivity contribution is 5.95. The monoisotopic (exact) mass is 341 g/mol. The van der Waals surface area contributed by atoms with Crippen molar-refractivity contribution >= 4 is 17.7 Å². The number of ether oxygens (including phenoxy) is 1. The molecule has 0 spiro atoms. The predicted octanol–water partition coefficient (Wildman–Crippen LogP) is 3.31. The molecule has 0 amide bonds. The molecule has 0 radical (unpaired) electrons. The number of halogens is 4. The number of carbonyl (C=O) groups is 1. The maximum Gasteiger partial charge on any atom is 0.433 e. The van der Waals surface area contributed by atoms with Crippen LogP contribution in [0, 0.1) is 5.82 Å². The standard InChI is InChI=1S/C15H11F4N3O2/c1-3-8-11(20)10(16)12(22-13(8)14(23)24-2)7-4-5-9(21-6-7)15(17,18)19/h3-6H,1H2,2H3,(H2,20,22). The predicted molar refractivity (Wildman–Crippen MR) is 78.3 cm³/mol. The molecule has 0 saturated heterocycles. The number of nitrogens with zero attached hydrogens (tertiary/aromatic N) is 2. The van der Waals surface area contributed by atoms with E-state index in [1.807, 2.05) is 0 Å². The Hall–Kier alpha value is -2.97. The highest BCUT2D eigenvalue weighted by Gasteiger charge is 2.32. The van der Waals surface area contributed by atoms with Gasteiger partial charge in [0, 0.05) is 17.3 Å². The van der Waals surface area contributed by atoms with E-state index in [1.165, 1.54) is 0 Å². The van der Waals surface area contributed by atoms with Gasteiger partial charge in [0.2, 0.25) is 0 Å². The number of hydrogen-bond acceptors (Lipinski definition) is 5. The van der Waals surface area contributed by atoms with Crippen molar-refractivity contribution in [2.75, 3.05) is 12.8 Å². The van der Waals surface area contributed by atoms with Gasteiger partial charge in [-0.1, -0.05) is 12.7 Å². The Bertz CT molecular complexity index is 802. The number of esters is 1. The van der Waals surface area contributed by atoms with Crippen molar-refractivity contribution in [1.82, 2.24) is 9.97 Å². The van der Waals surface area contributed by atoms with Gasteiger partial charge in [0.25, 0.3) is 0 Å². The maximum absolute atomic E-state index is 14.4. The van der Waals surface area contributed by atoms with Crippen molar-refractivity contribution in [2.45, 2.75) is 6.18 Å². The number of pyridine rings is 2. The first-order chi connectivity index (χ1) is 11.2. The summed E-state index contributed by atoms with van der Waals surface area (Å²) in [4.78, 5) is 18.8. The van der Waals surface area contributed by atoms with E-state index in [2.05, 4.69) is 21.3 Å². The summed E-state index contributed by atoms with van der Waals surface area (Å²) in [6, 6.07) is 1.65. The van der Waals surface area contributed by atoms with Crippen molar-refractivity contribution in [3.63, 3.8) is 0 Å². The number of hydrogen-bond donors (Lipinski definition) is 1. The fourth-order valence-corrected chi connectivity index (χ4v) is 1.95.